The topological polar surface area (TPSA) is 86.1 Å². The summed E-state index contributed by atoms with van der Waals surface area (Å²) < 4.78 is 6.66. The van der Waals surface area contributed by atoms with E-state index in [0.29, 0.717) is 11.3 Å². The minimum absolute atomic E-state index is 0.346. The SMILES string of the molecule is CCCCc1ccc(NC(=O)COC(=O)c2ccc(-n3cncn3)cc2)cc1. The Morgan fingerprint density at radius 2 is 1.82 bits per heavy atom. The van der Waals surface area contributed by atoms with Gasteiger partial charge in [-0.15, -0.1) is 0 Å². The first-order valence-electron chi connectivity index (χ1n) is 9.16. The molecule has 144 valence electrons. The van der Waals surface area contributed by atoms with Crippen LogP contribution in [0.3, 0.4) is 0 Å². The summed E-state index contributed by atoms with van der Waals surface area (Å²) in [6, 6.07) is 14.4. The van der Waals surface area contributed by atoms with Gasteiger partial charge in [0, 0.05) is 5.69 Å². The van der Waals surface area contributed by atoms with Crippen LogP contribution in [-0.4, -0.2) is 33.2 Å². The quantitative estimate of drug-likeness (QED) is 0.607. The second-order valence-electron chi connectivity index (χ2n) is 6.31. The summed E-state index contributed by atoms with van der Waals surface area (Å²) in [5.41, 5.74) is 3.05. The van der Waals surface area contributed by atoms with Crippen LogP contribution in [0.4, 0.5) is 5.69 Å². The number of esters is 1. The van der Waals surface area contributed by atoms with Gasteiger partial charge in [-0.1, -0.05) is 25.5 Å². The average molecular weight is 378 g/mol. The molecule has 0 spiro atoms. The van der Waals surface area contributed by atoms with Crippen molar-refractivity contribution in [2.24, 2.45) is 0 Å². The number of carbonyl (C=O) groups excluding carboxylic acids is 2. The van der Waals surface area contributed by atoms with Gasteiger partial charge in [-0.05, 0) is 54.8 Å². The number of aromatic nitrogens is 3. The van der Waals surface area contributed by atoms with E-state index < -0.39 is 5.97 Å². The predicted octanol–water partition coefficient (Wildman–Crippen LogP) is 3.41. The van der Waals surface area contributed by atoms with Gasteiger partial charge < -0.3 is 10.1 Å². The van der Waals surface area contributed by atoms with Crippen molar-refractivity contribution in [1.82, 2.24) is 14.8 Å². The standard InChI is InChI=1S/C21H22N4O3/c1-2-3-4-16-5-9-18(10-6-16)24-20(26)13-28-21(27)17-7-11-19(12-8-17)25-15-22-14-23-25/h5-12,14-15H,2-4,13H2,1H3,(H,24,26). The molecule has 7 heteroatoms. The summed E-state index contributed by atoms with van der Waals surface area (Å²) in [5, 5.41) is 6.74. The summed E-state index contributed by atoms with van der Waals surface area (Å²) in [4.78, 5) is 28.0. The van der Waals surface area contributed by atoms with E-state index in [-0.39, 0.29) is 12.5 Å². The number of amides is 1. The third kappa shape index (κ3) is 5.26. The first-order valence-corrected chi connectivity index (χ1v) is 9.16. The van der Waals surface area contributed by atoms with E-state index in [1.165, 1.54) is 11.9 Å². The molecule has 0 saturated heterocycles. The predicted molar refractivity (Wildman–Crippen MR) is 105 cm³/mol. The zero-order valence-corrected chi connectivity index (χ0v) is 15.7. The van der Waals surface area contributed by atoms with Gasteiger partial charge in [0.15, 0.2) is 6.61 Å². The van der Waals surface area contributed by atoms with Crippen molar-refractivity contribution in [1.29, 1.82) is 0 Å². The fourth-order valence-electron chi connectivity index (χ4n) is 2.64. The highest BCUT2D eigenvalue weighted by molar-refractivity contribution is 5.95. The van der Waals surface area contributed by atoms with E-state index in [2.05, 4.69) is 22.3 Å². The first-order chi connectivity index (χ1) is 13.7. The maximum absolute atomic E-state index is 12.1. The van der Waals surface area contributed by atoms with Crippen molar-refractivity contribution >= 4 is 17.6 Å². The van der Waals surface area contributed by atoms with Gasteiger partial charge in [0.1, 0.15) is 12.7 Å². The minimum Gasteiger partial charge on any atom is -0.452 e. The largest absolute Gasteiger partial charge is 0.452 e. The molecule has 0 unspecified atom stereocenters. The van der Waals surface area contributed by atoms with E-state index in [1.807, 2.05) is 24.3 Å². The van der Waals surface area contributed by atoms with Crippen LogP contribution >= 0.6 is 0 Å². The number of nitrogens with one attached hydrogen (secondary N) is 1. The van der Waals surface area contributed by atoms with Crippen molar-refractivity contribution in [2.45, 2.75) is 26.2 Å². The molecule has 3 aromatic rings. The minimum atomic E-state index is -0.560. The average Bonchev–Trinajstić information content (AvgIpc) is 3.26. The molecule has 0 atom stereocenters. The van der Waals surface area contributed by atoms with Crippen LogP contribution in [0.1, 0.15) is 35.7 Å². The van der Waals surface area contributed by atoms with Crippen molar-refractivity contribution in [3.05, 3.63) is 72.3 Å². The Balaban J connectivity index is 1.48. The van der Waals surface area contributed by atoms with Crippen LogP contribution in [-0.2, 0) is 16.0 Å². The Morgan fingerprint density at radius 1 is 1.07 bits per heavy atom. The lowest BCUT2D eigenvalue weighted by Crippen LogP contribution is -2.20. The monoisotopic (exact) mass is 378 g/mol. The molecule has 0 aliphatic heterocycles. The normalized spacial score (nSPS) is 10.5. The zero-order valence-electron chi connectivity index (χ0n) is 15.7. The Morgan fingerprint density at radius 3 is 2.46 bits per heavy atom. The maximum atomic E-state index is 12.1. The molecule has 0 saturated carbocycles. The van der Waals surface area contributed by atoms with Gasteiger partial charge in [0.25, 0.3) is 5.91 Å². The molecule has 7 nitrogen and oxygen atoms in total. The molecule has 1 N–H and O–H groups in total. The van der Waals surface area contributed by atoms with Crippen molar-refractivity contribution < 1.29 is 14.3 Å². The number of hydrogen-bond donors (Lipinski definition) is 1. The number of aryl methyl sites for hydroxylation is 1. The maximum Gasteiger partial charge on any atom is 0.338 e. The summed E-state index contributed by atoms with van der Waals surface area (Å²) in [7, 11) is 0. The Hall–Kier alpha value is -3.48. The summed E-state index contributed by atoms with van der Waals surface area (Å²) in [5.74, 6) is -0.941. The smallest absolute Gasteiger partial charge is 0.338 e. The molecule has 3 rings (SSSR count). The van der Waals surface area contributed by atoms with Crippen LogP contribution in [0, 0.1) is 0 Å². The van der Waals surface area contributed by atoms with Crippen LogP contribution in [0.25, 0.3) is 5.69 Å². The molecule has 1 aromatic heterocycles. The van der Waals surface area contributed by atoms with Crippen molar-refractivity contribution in [2.75, 3.05) is 11.9 Å². The second-order valence-corrected chi connectivity index (χ2v) is 6.31. The van der Waals surface area contributed by atoms with Gasteiger partial charge >= 0.3 is 5.97 Å². The van der Waals surface area contributed by atoms with Gasteiger partial charge in [0.2, 0.25) is 0 Å². The van der Waals surface area contributed by atoms with E-state index in [4.69, 9.17) is 4.74 Å². The zero-order chi connectivity index (χ0) is 19.8. The first kappa shape index (κ1) is 19.3. The summed E-state index contributed by atoms with van der Waals surface area (Å²) >= 11 is 0. The molecule has 0 aliphatic rings. The van der Waals surface area contributed by atoms with E-state index in [1.54, 1.807) is 35.3 Å². The third-order valence-electron chi connectivity index (χ3n) is 4.18. The third-order valence-corrected chi connectivity index (χ3v) is 4.18. The molecule has 1 heterocycles. The molecule has 0 aliphatic carbocycles. The number of nitrogens with zero attached hydrogens (tertiary/aromatic N) is 3. The van der Waals surface area contributed by atoms with Crippen LogP contribution in [0.2, 0.25) is 0 Å². The van der Waals surface area contributed by atoms with Gasteiger partial charge in [-0.3, -0.25) is 4.79 Å². The summed E-state index contributed by atoms with van der Waals surface area (Å²) in [6.07, 6.45) is 6.31. The number of hydrogen-bond acceptors (Lipinski definition) is 5. The van der Waals surface area contributed by atoms with Crippen LogP contribution in [0.15, 0.2) is 61.2 Å². The van der Waals surface area contributed by atoms with Gasteiger partial charge in [0.05, 0.1) is 11.3 Å². The highest BCUT2D eigenvalue weighted by atomic mass is 16.5. The van der Waals surface area contributed by atoms with E-state index in [0.717, 1.165) is 24.9 Å². The van der Waals surface area contributed by atoms with E-state index >= 15 is 0 Å². The number of unbranched alkanes of at least 4 members (excludes halogenated alkanes) is 1. The van der Waals surface area contributed by atoms with Crippen molar-refractivity contribution in [3.63, 3.8) is 0 Å². The molecular weight excluding hydrogens is 356 g/mol. The van der Waals surface area contributed by atoms with E-state index in [9.17, 15) is 9.59 Å². The number of rotatable bonds is 8. The lowest BCUT2D eigenvalue weighted by atomic mass is 10.1. The highest BCUT2D eigenvalue weighted by Crippen LogP contribution is 2.12. The number of carbonyl (C=O) groups is 2. The Labute approximate surface area is 163 Å². The van der Waals surface area contributed by atoms with Crippen molar-refractivity contribution in [3.8, 4) is 5.69 Å². The number of ether oxygens (including phenoxy) is 1. The second kappa shape index (κ2) is 9.45. The van der Waals surface area contributed by atoms with Crippen LogP contribution in [0.5, 0.6) is 0 Å². The molecule has 0 bridgehead atoms. The molecule has 1 amide bonds. The molecule has 0 fully saturated rings. The molecule has 2 aromatic carbocycles. The molecular formula is C21H22N4O3. The fourth-order valence-corrected chi connectivity index (χ4v) is 2.64. The van der Waals surface area contributed by atoms with Gasteiger partial charge in [-0.2, -0.15) is 5.10 Å². The fraction of sp³-hybridized carbons (Fsp3) is 0.238. The van der Waals surface area contributed by atoms with Crippen LogP contribution < -0.4 is 5.32 Å². The highest BCUT2D eigenvalue weighted by Gasteiger charge is 2.11. The molecule has 28 heavy (non-hydrogen) atoms. The number of benzene rings is 2. The Bertz CT molecular complexity index is 904. The van der Waals surface area contributed by atoms with Gasteiger partial charge in [-0.25, -0.2) is 14.5 Å². The summed E-state index contributed by atoms with van der Waals surface area (Å²) in [6.45, 7) is 1.81. The Kier molecular flexibility index (Phi) is 6.51. The molecule has 0 radical (unpaired) electrons. The lowest BCUT2D eigenvalue weighted by molar-refractivity contribution is -0.119. The lowest BCUT2D eigenvalue weighted by Gasteiger charge is -2.08. The number of anilines is 1.